The second kappa shape index (κ2) is 6.30. The van der Waals surface area contributed by atoms with Crippen LogP contribution in [0.3, 0.4) is 0 Å². The van der Waals surface area contributed by atoms with Crippen LogP contribution in [-0.2, 0) is 10.0 Å². The summed E-state index contributed by atoms with van der Waals surface area (Å²) >= 11 is 4.87. The van der Waals surface area contributed by atoms with Gasteiger partial charge >= 0.3 is 0 Å². The molecule has 3 nitrogen and oxygen atoms in total. The van der Waals surface area contributed by atoms with E-state index in [2.05, 4.69) is 36.7 Å². The van der Waals surface area contributed by atoms with Gasteiger partial charge in [0.05, 0.1) is 8.68 Å². The number of aryl methyl sites for hydroxylation is 1. The molecule has 0 bridgehead atoms. The summed E-state index contributed by atoms with van der Waals surface area (Å²) in [6.07, 6.45) is 3.01. The van der Waals surface area contributed by atoms with Crippen molar-refractivity contribution >= 4 is 37.3 Å². The number of halogens is 1. The molecule has 1 aromatic heterocycles. The Morgan fingerprint density at radius 2 is 1.95 bits per heavy atom. The van der Waals surface area contributed by atoms with Crippen LogP contribution in [0.4, 0.5) is 0 Å². The van der Waals surface area contributed by atoms with Crippen LogP contribution in [0.25, 0.3) is 0 Å². The third-order valence-electron chi connectivity index (χ3n) is 4.37. The van der Waals surface area contributed by atoms with Crippen molar-refractivity contribution < 1.29 is 8.42 Å². The summed E-state index contributed by atoms with van der Waals surface area (Å²) in [7, 11) is -3.35. The maximum absolute atomic E-state index is 12.8. The second-order valence-electron chi connectivity index (χ2n) is 6.87. The van der Waals surface area contributed by atoms with E-state index in [1.807, 2.05) is 6.92 Å². The van der Waals surface area contributed by atoms with Gasteiger partial charge in [-0.2, -0.15) is 4.31 Å². The van der Waals surface area contributed by atoms with Gasteiger partial charge in [-0.3, -0.25) is 0 Å². The molecule has 1 aromatic rings. The summed E-state index contributed by atoms with van der Waals surface area (Å²) in [4.78, 5) is 1.33. The number of hydrogen-bond donors (Lipinski definition) is 0. The predicted octanol–water partition coefficient (Wildman–Crippen LogP) is 4.66. The summed E-state index contributed by atoms with van der Waals surface area (Å²) < 4.78 is 28.2. The van der Waals surface area contributed by atoms with Gasteiger partial charge in [0.2, 0.25) is 10.0 Å². The van der Waals surface area contributed by atoms with Crippen molar-refractivity contribution in [2.75, 3.05) is 13.1 Å². The zero-order valence-corrected chi connectivity index (χ0v) is 16.4. The average Bonchev–Trinajstić information content (AvgIpc) is 2.59. The first-order valence-electron chi connectivity index (χ1n) is 7.38. The van der Waals surface area contributed by atoms with Gasteiger partial charge in [0.25, 0.3) is 0 Å². The second-order valence-corrected chi connectivity index (χ2v) is 11.4. The zero-order valence-electron chi connectivity index (χ0n) is 13.1. The molecule has 1 aliphatic rings. The number of sulfonamides is 1. The van der Waals surface area contributed by atoms with Crippen LogP contribution in [0.2, 0.25) is 0 Å². The van der Waals surface area contributed by atoms with Gasteiger partial charge in [-0.15, -0.1) is 11.3 Å². The van der Waals surface area contributed by atoms with Gasteiger partial charge in [-0.1, -0.05) is 20.8 Å². The zero-order chi connectivity index (χ0) is 15.8. The summed E-state index contributed by atoms with van der Waals surface area (Å²) in [6.45, 7) is 9.91. The fourth-order valence-corrected chi connectivity index (χ4v) is 6.88. The summed E-state index contributed by atoms with van der Waals surface area (Å²) in [5.74, 6) is 0.591. The van der Waals surface area contributed by atoms with E-state index in [0.717, 1.165) is 27.9 Å². The maximum atomic E-state index is 12.8. The van der Waals surface area contributed by atoms with E-state index in [1.165, 1.54) is 11.3 Å². The van der Waals surface area contributed by atoms with E-state index >= 15 is 0 Å². The standard InChI is InChI=1S/C15H24BrNO2S2/c1-11-13(10-14(16)20-11)21(18,19)17-8-5-6-12(7-9-17)15(2,3)4/h10,12H,5-9H2,1-4H3. The van der Waals surface area contributed by atoms with Crippen LogP contribution in [0.5, 0.6) is 0 Å². The van der Waals surface area contributed by atoms with Gasteiger partial charge in [-0.25, -0.2) is 8.42 Å². The Labute approximate surface area is 140 Å². The first-order chi connectivity index (χ1) is 9.62. The van der Waals surface area contributed by atoms with Crippen molar-refractivity contribution in [3.05, 3.63) is 14.7 Å². The molecule has 0 aromatic carbocycles. The van der Waals surface area contributed by atoms with Gasteiger partial charge in [0.15, 0.2) is 0 Å². The van der Waals surface area contributed by atoms with Crippen molar-refractivity contribution in [2.24, 2.45) is 11.3 Å². The lowest BCUT2D eigenvalue weighted by Crippen LogP contribution is -2.32. The number of hydrogen-bond acceptors (Lipinski definition) is 3. The maximum Gasteiger partial charge on any atom is 0.244 e. The van der Waals surface area contributed by atoms with E-state index < -0.39 is 10.0 Å². The summed E-state index contributed by atoms with van der Waals surface area (Å²) in [6, 6.07) is 1.74. The normalized spacial score (nSPS) is 22.2. The lowest BCUT2D eigenvalue weighted by atomic mass is 9.77. The topological polar surface area (TPSA) is 37.4 Å². The molecule has 2 rings (SSSR count). The number of nitrogens with zero attached hydrogens (tertiary/aromatic N) is 1. The van der Waals surface area contributed by atoms with E-state index in [4.69, 9.17) is 0 Å². The molecule has 0 spiro atoms. The van der Waals surface area contributed by atoms with Crippen molar-refractivity contribution in [1.82, 2.24) is 4.31 Å². The molecule has 0 radical (unpaired) electrons. The first-order valence-corrected chi connectivity index (χ1v) is 10.4. The van der Waals surface area contributed by atoms with Crippen LogP contribution < -0.4 is 0 Å². The van der Waals surface area contributed by atoms with Crippen LogP contribution in [0.15, 0.2) is 14.7 Å². The third kappa shape index (κ3) is 3.89. The fraction of sp³-hybridized carbons (Fsp3) is 0.733. The molecule has 0 amide bonds. The van der Waals surface area contributed by atoms with E-state index in [0.29, 0.717) is 23.9 Å². The Hall–Kier alpha value is 0.0900. The lowest BCUT2D eigenvalue weighted by Gasteiger charge is -2.29. The predicted molar refractivity (Wildman–Crippen MR) is 92.3 cm³/mol. The highest BCUT2D eigenvalue weighted by Gasteiger charge is 2.33. The molecule has 1 saturated heterocycles. The van der Waals surface area contributed by atoms with Crippen molar-refractivity contribution in [3.8, 4) is 0 Å². The Kier molecular flexibility index (Phi) is 5.23. The molecule has 1 atom stereocenters. The van der Waals surface area contributed by atoms with Gasteiger partial charge in [-0.05, 0) is 59.5 Å². The van der Waals surface area contributed by atoms with Gasteiger partial charge in [0.1, 0.15) is 0 Å². The summed E-state index contributed by atoms with van der Waals surface area (Å²) in [5, 5.41) is 0. The number of rotatable bonds is 2. The monoisotopic (exact) mass is 393 g/mol. The van der Waals surface area contributed by atoms with Crippen LogP contribution in [0, 0.1) is 18.3 Å². The molecule has 1 fully saturated rings. The molecule has 21 heavy (non-hydrogen) atoms. The Morgan fingerprint density at radius 1 is 1.29 bits per heavy atom. The van der Waals surface area contributed by atoms with E-state index in [1.54, 1.807) is 10.4 Å². The van der Waals surface area contributed by atoms with Gasteiger partial charge in [0, 0.05) is 18.0 Å². The fourth-order valence-electron chi connectivity index (χ4n) is 3.00. The quantitative estimate of drug-likeness (QED) is 0.732. The Balaban J connectivity index is 2.20. The van der Waals surface area contributed by atoms with Crippen LogP contribution in [-0.4, -0.2) is 25.8 Å². The van der Waals surface area contributed by atoms with Crippen LogP contribution in [0.1, 0.15) is 44.9 Å². The smallest absolute Gasteiger partial charge is 0.207 e. The minimum Gasteiger partial charge on any atom is -0.207 e. The summed E-state index contributed by atoms with van der Waals surface area (Å²) in [5.41, 5.74) is 0.251. The highest BCUT2D eigenvalue weighted by atomic mass is 79.9. The Bertz CT molecular complexity index is 602. The molecule has 0 saturated carbocycles. The molecular formula is C15H24BrNO2S2. The third-order valence-corrected chi connectivity index (χ3v) is 8.08. The largest absolute Gasteiger partial charge is 0.244 e. The molecule has 2 heterocycles. The molecule has 1 unspecified atom stereocenters. The first kappa shape index (κ1) is 17.4. The molecule has 120 valence electrons. The average molecular weight is 394 g/mol. The van der Waals surface area contributed by atoms with Gasteiger partial charge < -0.3 is 0 Å². The Morgan fingerprint density at radius 3 is 2.48 bits per heavy atom. The number of thiophene rings is 1. The minimum atomic E-state index is -3.35. The van der Waals surface area contributed by atoms with Crippen molar-refractivity contribution in [2.45, 2.75) is 51.9 Å². The highest BCUT2D eigenvalue weighted by Crippen LogP contribution is 2.37. The van der Waals surface area contributed by atoms with E-state index in [-0.39, 0.29) is 5.41 Å². The highest BCUT2D eigenvalue weighted by molar-refractivity contribution is 9.11. The molecular weight excluding hydrogens is 370 g/mol. The molecule has 6 heteroatoms. The minimum absolute atomic E-state index is 0.251. The van der Waals surface area contributed by atoms with Crippen LogP contribution >= 0.6 is 27.3 Å². The SMILES string of the molecule is Cc1sc(Br)cc1S(=O)(=O)N1CCCC(C(C)(C)C)CC1. The lowest BCUT2D eigenvalue weighted by molar-refractivity contribution is 0.217. The molecule has 1 aliphatic heterocycles. The van der Waals surface area contributed by atoms with Crippen molar-refractivity contribution in [3.63, 3.8) is 0 Å². The van der Waals surface area contributed by atoms with Crippen molar-refractivity contribution in [1.29, 1.82) is 0 Å². The molecule has 0 N–H and O–H groups in total. The molecule has 0 aliphatic carbocycles. The van der Waals surface area contributed by atoms with E-state index in [9.17, 15) is 8.42 Å².